The van der Waals surface area contributed by atoms with Crippen molar-refractivity contribution in [1.29, 1.82) is 0 Å². The summed E-state index contributed by atoms with van der Waals surface area (Å²) in [5, 5.41) is 5.12. The van der Waals surface area contributed by atoms with E-state index in [-0.39, 0.29) is 6.03 Å². The van der Waals surface area contributed by atoms with E-state index in [9.17, 15) is 4.79 Å². The van der Waals surface area contributed by atoms with Crippen LogP contribution >= 0.6 is 0 Å². The van der Waals surface area contributed by atoms with E-state index in [1.54, 1.807) is 7.05 Å². The van der Waals surface area contributed by atoms with Gasteiger partial charge in [-0.2, -0.15) is 0 Å². The Hall–Kier alpha value is -1.51. The lowest BCUT2D eigenvalue weighted by molar-refractivity contribution is 0.245. The fourth-order valence-corrected chi connectivity index (χ4v) is 1.05. The number of nitrogens with one attached hydrogen (secondary N) is 2. The van der Waals surface area contributed by atoms with E-state index in [1.165, 1.54) is 5.57 Å². The summed E-state index contributed by atoms with van der Waals surface area (Å²) in [4.78, 5) is 11.0. The van der Waals surface area contributed by atoms with Crippen LogP contribution in [0.2, 0.25) is 0 Å². The number of rotatable bonds is 4. The van der Waals surface area contributed by atoms with Gasteiger partial charge in [-0.25, -0.2) is 4.79 Å². The Kier molecular flexibility index (Phi) is 11.6. The molecule has 0 aromatic rings. The van der Waals surface area contributed by atoms with E-state index in [1.807, 2.05) is 33.8 Å². The molecule has 17 heavy (non-hydrogen) atoms. The lowest BCUT2D eigenvalue weighted by Gasteiger charge is -2.08. The van der Waals surface area contributed by atoms with Crippen molar-refractivity contribution in [3.05, 3.63) is 35.6 Å². The Morgan fingerprint density at radius 3 is 2.24 bits per heavy atom. The molecule has 2 amide bonds. The second kappa shape index (κ2) is 11.0. The normalized spacial score (nSPS) is 11.2. The first kappa shape index (κ1) is 17.9. The van der Waals surface area contributed by atoms with Gasteiger partial charge < -0.3 is 10.6 Å². The van der Waals surface area contributed by atoms with Gasteiger partial charge in [-0.15, -0.1) is 0 Å². The topological polar surface area (TPSA) is 41.1 Å². The lowest BCUT2D eigenvalue weighted by Crippen LogP contribution is -2.32. The number of carbonyl (C=O) groups excluding carboxylic acids is 1. The minimum atomic E-state index is -0.244. The molecule has 0 saturated carbocycles. The molecule has 0 aliphatic rings. The molecule has 0 aromatic carbocycles. The van der Waals surface area contributed by atoms with Crippen molar-refractivity contribution >= 4 is 6.03 Å². The quantitative estimate of drug-likeness (QED) is 0.719. The number of carbonyl (C=O) groups is 1. The minimum absolute atomic E-state index is 0.244. The molecule has 0 bridgehead atoms. The lowest BCUT2D eigenvalue weighted by atomic mass is 10.1. The van der Waals surface area contributed by atoms with Crippen LogP contribution in [0, 0.1) is 0 Å². The van der Waals surface area contributed by atoms with Crippen molar-refractivity contribution in [3.8, 4) is 0 Å². The fourth-order valence-electron chi connectivity index (χ4n) is 1.05. The van der Waals surface area contributed by atoms with Gasteiger partial charge >= 0.3 is 6.03 Å². The third kappa shape index (κ3) is 8.31. The van der Waals surface area contributed by atoms with Crippen LogP contribution in [0.25, 0.3) is 0 Å². The van der Waals surface area contributed by atoms with Crippen LogP contribution in [-0.2, 0) is 0 Å². The molecule has 0 heterocycles. The van der Waals surface area contributed by atoms with Crippen molar-refractivity contribution in [1.82, 2.24) is 10.6 Å². The summed E-state index contributed by atoms with van der Waals surface area (Å²) < 4.78 is 0. The molecule has 0 aliphatic heterocycles. The average Bonchev–Trinajstić information content (AvgIpc) is 2.37. The number of urea groups is 1. The maximum atomic E-state index is 11.0. The molecule has 3 heteroatoms. The number of hydrogen-bond acceptors (Lipinski definition) is 1. The van der Waals surface area contributed by atoms with Gasteiger partial charge in [-0.1, -0.05) is 45.1 Å². The van der Waals surface area contributed by atoms with Gasteiger partial charge in [0.25, 0.3) is 0 Å². The molecule has 0 unspecified atom stereocenters. The van der Waals surface area contributed by atoms with Gasteiger partial charge in [0, 0.05) is 12.7 Å². The molecule has 0 fully saturated rings. The van der Waals surface area contributed by atoms with Crippen LogP contribution in [0.1, 0.15) is 41.0 Å². The SMILES string of the molecule is C=C(NC(=O)NC)/C(C)=C\C(=C/C)CC.CC. The maximum absolute atomic E-state index is 11.0. The standard InChI is InChI=1S/C12H20N2O.C2H6/c1-6-11(7-2)8-9(3)10(4)14-12(15)13-5;1-2/h6,8H,4,7H2,1-3,5H3,(H2,13,14,15);1-2H3/b9-8-,11-6-;. The van der Waals surface area contributed by atoms with Gasteiger partial charge in [0.1, 0.15) is 0 Å². The molecule has 2 N–H and O–H groups in total. The predicted molar refractivity (Wildman–Crippen MR) is 75.9 cm³/mol. The Morgan fingerprint density at radius 2 is 1.88 bits per heavy atom. The van der Waals surface area contributed by atoms with Crippen molar-refractivity contribution in [2.24, 2.45) is 0 Å². The molecule has 0 atom stereocenters. The van der Waals surface area contributed by atoms with Crippen molar-refractivity contribution in [3.63, 3.8) is 0 Å². The average molecular weight is 238 g/mol. The first-order valence-electron chi connectivity index (χ1n) is 6.06. The summed E-state index contributed by atoms with van der Waals surface area (Å²) in [6, 6.07) is -0.244. The van der Waals surface area contributed by atoms with Crippen LogP contribution in [-0.4, -0.2) is 13.1 Å². The zero-order valence-corrected chi connectivity index (χ0v) is 12.0. The van der Waals surface area contributed by atoms with Crippen molar-refractivity contribution in [2.45, 2.75) is 41.0 Å². The zero-order valence-electron chi connectivity index (χ0n) is 12.0. The summed E-state index contributed by atoms with van der Waals surface area (Å²) in [5.41, 5.74) is 2.82. The summed E-state index contributed by atoms with van der Waals surface area (Å²) >= 11 is 0. The molecule has 0 radical (unpaired) electrons. The van der Waals surface area contributed by atoms with Crippen LogP contribution in [0.4, 0.5) is 4.79 Å². The van der Waals surface area contributed by atoms with Gasteiger partial charge in [0.05, 0.1) is 0 Å². The first-order valence-corrected chi connectivity index (χ1v) is 6.06. The van der Waals surface area contributed by atoms with Crippen molar-refractivity contribution < 1.29 is 4.79 Å². The Bertz CT molecular complexity index is 301. The predicted octanol–water partition coefficient (Wildman–Crippen LogP) is 3.76. The fraction of sp³-hybridized carbons (Fsp3) is 0.500. The van der Waals surface area contributed by atoms with E-state index in [0.717, 1.165) is 12.0 Å². The molecule has 0 rings (SSSR count). The summed E-state index contributed by atoms with van der Waals surface area (Å²) in [7, 11) is 1.57. The number of amides is 2. The molecular formula is C14H26N2O. The molecule has 0 saturated heterocycles. The Morgan fingerprint density at radius 1 is 1.35 bits per heavy atom. The minimum Gasteiger partial charge on any atom is -0.341 e. The van der Waals surface area contributed by atoms with E-state index in [4.69, 9.17) is 0 Å². The second-order valence-corrected chi connectivity index (χ2v) is 3.23. The highest BCUT2D eigenvalue weighted by Crippen LogP contribution is 2.10. The highest BCUT2D eigenvalue weighted by Gasteiger charge is 2.01. The summed E-state index contributed by atoms with van der Waals surface area (Å²) in [5.74, 6) is 0. The first-order chi connectivity index (χ1) is 8.04. The van der Waals surface area contributed by atoms with E-state index in [2.05, 4.69) is 30.2 Å². The second-order valence-electron chi connectivity index (χ2n) is 3.23. The third-order valence-corrected chi connectivity index (χ3v) is 2.15. The zero-order chi connectivity index (χ0) is 13.8. The van der Waals surface area contributed by atoms with Gasteiger partial charge in [-0.3, -0.25) is 0 Å². The molecule has 98 valence electrons. The van der Waals surface area contributed by atoms with Crippen LogP contribution in [0.15, 0.2) is 35.6 Å². The van der Waals surface area contributed by atoms with Crippen LogP contribution in [0.5, 0.6) is 0 Å². The monoisotopic (exact) mass is 238 g/mol. The number of hydrogen-bond donors (Lipinski definition) is 2. The maximum Gasteiger partial charge on any atom is 0.318 e. The Labute approximate surface area is 106 Å². The molecule has 0 spiro atoms. The smallest absolute Gasteiger partial charge is 0.318 e. The summed E-state index contributed by atoms with van der Waals surface area (Å²) in [6.07, 6.45) is 5.05. The largest absolute Gasteiger partial charge is 0.341 e. The van der Waals surface area contributed by atoms with E-state index >= 15 is 0 Å². The van der Waals surface area contributed by atoms with E-state index in [0.29, 0.717) is 5.70 Å². The molecular weight excluding hydrogens is 212 g/mol. The Balaban J connectivity index is 0. The van der Waals surface area contributed by atoms with Crippen molar-refractivity contribution in [2.75, 3.05) is 7.05 Å². The molecule has 0 aromatic heterocycles. The van der Waals surface area contributed by atoms with Crippen LogP contribution < -0.4 is 10.6 Å². The molecule has 3 nitrogen and oxygen atoms in total. The third-order valence-electron chi connectivity index (χ3n) is 2.15. The van der Waals surface area contributed by atoms with E-state index < -0.39 is 0 Å². The highest BCUT2D eigenvalue weighted by molar-refractivity contribution is 5.76. The van der Waals surface area contributed by atoms with Crippen LogP contribution in [0.3, 0.4) is 0 Å². The highest BCUT2D eigenvalue weighted by atomic mass is 16.2. The molecule has 0 aliphatic carbocycles. The summed E-state index contributed by atoms with van der Waals surface area (Å²) in [6.45, 7) is 13.8. The number of allylic oxidation sites excluding steroid dienone is 4. The van der Waals surface area contributed by atoms with Gasteiger partial charge in [-0.05, 0) is 25.8 Å². The van der Waals surface area contributed by atoms with Gasteiger partial charge in [0.15, 0.2) is 0 Å². The van der Waals surface area contributed by atoms with Gasteiger partial charge in [0.2, 0.25) is 0 Å².